The van der Waals surface area contributed by atoms with Crippen LogP contribution in [0.2, 0.25) is 0 Å². The molecule has 7 nitrogen and oxygen atoms in total. The van der Waals surface area contributed by atoms with Crippen LogP contribution in [-0.2, 0) is 14.3 Å². The van der Waals surface area contributed by atoms with Gasteiger partial charge in [0.05, 0.1) is 6.04 Å². The van der Waals surface area contributed by atoms with Crippen molar-refractivity contribution in [3.63, 3.8) is 0 Å². The van der Waals surface area contributed by atoms with E-state index in [0.717, 1.165) is 25.7 Å². The molecule has 2 saturated heterocycles. The molecular weight excluding hydrogens is 370 g/mol. The van der Waals surface area contributed by atoms with Gasteiger partial charge >= 0.3 is 6.09 Å². The van der Waals surface area contributed by atoms with E-state index in [0.29, 0.717) is 32.0 Å². The zero-order valence-corrected chi connectivity index (χ0v) is 18.5. The van der Waals surface area contributed by atoms with E-state index in [-0.39, 0.29) is 17.9 Å². The second-order valence-corrected chi connectivity index (χ2v) is 10.1. The SMILES string of the molecule is CC(C)(C)OC(=O)N1CCCCC1(C)C(=O)NC1CC(=O)N(C2CCCCC2)C1. The quantitative estimate of drug-likeness (QED) is 0.779. The smallest absolute Gasteiger partial charge is 0.411 e. The van der Waals surface area contributed by atoms with Gasteiger partial charge in [-0.15, -0.1) is 0 Å². The first-order chi connectivity index (χ1) is 13.6. The lowest BCUT2D eigenvalue weighted by Crippen LogP contribution is -2.62. The third-order valence-electron chi connectivity index (χ3n) is 6.50. The first-order valence-electron chi connectivity index (χ1n) is 11.2. The predicted molar refractivity (Wildman–Crippen MR) is 110 cm³/mol. The van der Waals surface area contributed by atoms with Crippen LogP contribution in [0.25, 0.3) is 0 Å². The monoisotopic (exact) mass is 407 g/mol. The number of rotatable bonds is 3. The Hall–Kier alpha value is -1.79. The highest BCUT2D eigenvalue weighted by Gasteiger charge is 2.47. The van der Waals surface area contributed by atoms with E-state index in [9.17, 15) is 14.4 Å². The van der Waals surface area contributed by atoms with Gasteiger partial charge in [-0.25, -0.2) is 4.79 Å². The minimum atomic E-state index is -0.943. The lowest BCUT2D eigenvalue weighted by atomic mass is 9.87. The van der Waals surface area contributed by atoms with Crippen molar-refractivity contribution in [3.8, 4) is 0 Å². The van der Waals surface area contributed by atoms with E-state index < -0.39 is 17.2 Å². The van der Waals surface area contributed by atoms with Gasteiger partial charge in [0.15, 0.2) is 0 Å². The number of nitrogens with zero attached hydrogens (tertiary/aromatic N) is 2. The Bertz CT molecular complexity index is 638. The maximum Gasteiger partial charge on any atom is 0.411 e. The van der Waals surface area contributed by atoms with Gasteiger partial charge in [-0.2, -0.15) is 0 Å². The van der Waals surface area contributed by atoms with Crippen molar-refractivity contribution in [2.75, 3.05) is 13.1 Å². The summed E-state index contributed by atoms with van der Waals surface area (Å²) < 4.78 is 5.55. The highest BCUT2D eigenvalue weighted by atomic mass is 16.6. The number of hydrogen-bond donors (Lipinski definition) is 1. The van der Waals surface area contributed by atoms with E-state index >= 15 is 0 Å². The lowest BCUT2D eigenvalue weighted by molar-refractivity contribution is -0.135. The molecular formula is C22H37N3O4. The molecule has 2 aliphatic heterocycles. The topological polar surface area (TPSA) is 79.0 Å². The lowest BCUT2D eigenvalue weighted by Gasteiger charge is -2.44. The summed E-state index contributed by atoms with van der Waals surface area (Å²) in [5.41, 5.74) is -1.55. The fraction of sp³-hybridized carbons (Fsp3) is 0.864. The predicted octanol–water partition coefficient (Wildman–Crippen LogP) is 3.22. The number of piperidine rings is 1. The molecule has 7 heteroatoms. The average molecular weight is 408 g/mol. The summed E-state index contributed by atoms with van der Waals surface area (Å²) in [5, 5.41) is 3.09. The van der Waals surface area contributed by atoms with E-state index in [1.807, 2.05) is 32.6 Å². The van der Waals surface area contributed by atoms with Gasteiger partial charge < -0.3 is 15.0 Å². The van der Waals surface area contributed by atoms with Crippen LogP contribution in [0.1, 0.15) is 85.5 Å². The fourth-order valence-electron chi connectivity index (χ4n) is 4.88. The standard InChI is InChI=1S/C22H37N3O4/c1-21(2,3)29-20(28)25-13-9-8-12-22(25,4)19(27)23-16-14-18(26)24(15-16)17-10-6-5-7-11-17/h16-17H,5-15H2,1-4H3,(H,23,27). The number of amides is 3. The minimum absolute atomic E-state index is 0.139. The molecule has 3 fully saturated rings. The zero-order valence-electron chi connectivity index (χ0n) is 18.5. The van der Waals surface area contributed by atoms with Crippen molar-refractivity contribution in [2.24, 2.45) is 0 Å². The van der Waals surface area contributed by atoms with Crippen molar-refractivity contribution < 1.29 is 19.1 Å². The van der Waals surface area contributed by atoms with Crippen molar-refractivity contribution in [2.45, 2.75) is 109 Å². The number of likely N-dealkylation sites (tertiary alicyclic amines) is 2. The van der Waals surface area contributed by atoms with Gasteiger partial charge in [0, 0.05) is 25.6 Å². The highest BCUT2D eigenvalue weighted by molar-refractivity contribution is 5.91. The summed E-state index contributed by atoms with van der Waals surface area (Å²) in [6.45, 7) is 8.40. The van der Waals surface area contributed by atoms with Crippen LogP contribution in [0.5, 0.6) is 0 Å². The maximum absolute atomic E-state index is 13.3. The molecule has 1 aliphatic carbocycles. The van der Waals surface area contributed by atoms with Crippen molar-refractivity contribution in [3.05, 3.63) is 0 Å². The molecule has 0 aromatic carbocycles. The van der Waals surface area contributed by atoms with Crippen LogP contribution in [0.3, 0.4) is 0 Å². The molecule has 3 amide bonds. The molecule has 2 unspecified atom stereocenters. The molecule has 29 heavy (non-hydrogen) atoms. The molecule has 164 valence electrons. The van der Waals surface area contributed by atoms with Crippen LogP contribution in [0.15, 0.2) is 0 Å². The molecule has 0 spiro atoms. The largest absolute Gasteiger partial charge is 0.444 e. The number of carbonyl (C=O) groups excluding carboxylic acids is 3. The van der Waals surface area contributed by atoms with E-state index in [2.05, 4.69) is 5.32 Å². The summed E-state index contributed by atoms with van der Waals surface area (Å²) in [4.78, 5) is 42.1. The molecule has 0 radical (unpaired) electrons. The number of carbonyl (C=O) groups is 3. The van der Waals surface area contributed by atoms with Gasteiger partial charge in [-0.1, -0.05) is 19.3 Å². The minimum Gasteiger partial charge on any atom is -0.444 e. The maximum atomic E-state index is 13.3. The average Bonchev–Trinajstić information content (AvgIpc) is 3.01. The Morgan fingerprint density at radius 1 is 1.10 bits per heavy atom. The molecule has 3 aliphatic rings. The van der Waals surface area contributed by atoms with Crippen molar-refractivity contribution in [1.82, 2.24) is 15.1 Å². The van der Waals surface area contributed by atoms with Crippen molar-refractivity contribution in [1.29, 1.82) is 0 Å². The number of hydrogen-bond acceptors (Lipinski definition) is 4. The molecule has 0 bridgehead atoms. The van der Waals surface area contributed by atoms with Gasteiger partial charge in [0.25, 0.3) is 0 Å². The molecule has 2 heterocycles. The normalized spacial score (nSPS) is 29.1. The highest BCUT2D eigenvalue weighted by Crippen LogP contribution is 2.31. The Morgan fingerprint density at radius 3 is 2.45 bits per heavy atom. The summed E-state index contributed by atoms with van der Waals surface area (Å²) in [5.74, 6) is -0.0358. The van der Waals surface area contributed by atoms with Gasteiger partial charge in [-0.05, 0) is 59.8 Å². The van der Waals surface area contributed by atoms with Gasteiger partial charge in [0.1, 0.15) is 11.1 Å². The summed E-state index contributed by atoms with van der Waals surface area (Å²) in [6.07, 6.45) is 7.99. The molecule has 0 aromatic heterocycles. The van der Waals surface area contributed by atoms with Crippen LogP contribution in [0.4, 0.5) is 4.79 Å². The molecule has 3 rings (SSSR count). The van der Waals surface area contributed by atoms with Gasteiger partial charge in [0.2, 0.25) is 11.8 Å². The fourth-order valence-corrected chi connectivity index (χ4v) is 4.88. The first kappa shape index (κ1) is 21.9. The third-order valence-corrected chi connectivity index (χ3v) is 6.50. The van der Waals surface area contributed by atoms with Crippen LogP contribution >= 0.6 is 0 Å². The van der Waals surface area contributed by atoms with E-state index in [4.69, 9.17) is 4.74 Å². The van der Waals surface area contributed by atoms with Crippen LogP contribution in [0, 0.1) is 0 Å². The second kappa shape index (κ2) is 8.52. The Kier molecular flexibility index (Phi) is 6.44. The summed E-state index contributed by atoms with van der Waals surface area (Å²) in [7, 11) is 0. The number of nitrogens with one attached hydrogen (secondary N) is 1. The Labute approximate surface area is 174 Å². The molecule has 2 atom stereocenters. The van der Waals surface area contributed by atoms with E-state index in [1.54, 1.807) is 4.90 Å². The summed E-state index contributed by atoms with van der Waals surface area (Å²) >= 11 is 0. The zero-order chi connectivity index (χ0) is 21.2. The van der Waals surface area contributed by atoms with Crippen molar-refractivity contribution >= 4 is 17.9 Å². The van der Waals surface area contributed by atoms with E-state index in [1.165, 1.54) is 19.3 Å². The molecule has 0 aromatic rings. The molecule has 1 saturated carbocycles. The second-order valence-electron chi connectivity index (χ2n) is 10.1. The summed E-state index contributed by atoms with van der Waals surface area (Å²) in [6, 6.07) is 0.137. The first-order valence-corrected chi connectivity index (χ1v) is 11.2. The third kappa shape index (κ3) is 5.04. The number of ether oxygens (including phenoxy) is 1. The molecule has 1 N–H and O–H groups in total. The Morgan fingerprint density at radius 2 is 1.79 bits per heavy atom. The van der Waals surface area contributed by atoms with Crippen LogP contribution in [-0.4, -0.2) is 64.0 Å². The Balaban J connectivity index is 1.64. The van der Waals surface area contributed by atoms with Gasteiger partial charge in [-0.3, -0.25) is 14.5 Å². The van der Waals surface area contributed by atoms with Crippen LogP contribution < -0.4 is 5.32 Å².